The Kier molecular flexibility index (Phi) is 4.95. The molecule has 0 aromatic heterocycles. The zero-order valence-electron chi connectivity index (χ0n) is 6.24. The molecule has 0 aromatic rings. The summed E-state index contributed by atoms with van der Waals surface area (Å²) in [5.74, 6) is 0. The van der Waals surface area contributed by atoms with E-state index in [1.54, 1.807) is 0 Å². The van der Waals surface area contributed by atoms with Gasteiger partial charge in [-0.15, -0.1) is 0 Å². The summed E-state index contributed by atoms with van der Waals surface area (Å²) in [4.78, 5) is 9.90. The zero-order chi connectivity index (χ0) is 9.72. The molecule has 6 nitrogen and oxygen atoms in total. The van der Waals surface area contributed by atoms with Gasteiger partial charge in [-0.25, -0.2) is 0 Å². The van der Waals surface area contributed by atoms with Crippen LogP contribution in [-0.2, 0) is 4.79 Å². The Morgan fingerprint density at radius 3 is 1.92 bits per heavy atom. The van der Waals surface area contributed by atoms with Gasteiger partial charge in [0.1, 0.15) is 24.4 Å². The molecular formula is C6H12O6. The first kappa shape index (κ1) is 11.5. The fourth-order valence-corrected chi connectivity index (χ4v) is 0.618. The number of rotatable bonds is 5. The number of hydrogen-bond acceptors (Lipinski definition) is 6. The first-order valence-corrected chi connectivity index (χ1v) is 3.33. The molecule has 0 unspecified atom stereocenters. The molecule has 12 heavy (non-hydrogen) atoms. The summed E-state index contributed by atoms with van der Waals surface area (Å²) < 4.78 is 0. The minimum atomic E-state index is -1.79. The van der Waals surface area contributed by atoms with Crippen LogP contribution >= 0.6 is 0 Å². The number of aliphatic hydroxyl groups is 5. The first-order valence-electron chi connectivity index (χ1n) is 3.33. The van der Waals surface area contributed by atoms with E-state index in [0.717, 1.165) is 0 Å². The number of hydrogen-bond donors (Lipinski definition) is 5. The maximum atomic E-state index is 9.90. The Labute approximate surface area is 68.7 Å². The molecular weight excluding hydrogens is 169 g/mol. The molecule has 6 heteroatoms. The maximum Gasteiger partial charge on any atom is 0.151 e. The van der Waals surface area contributed by atoms with E-state index in [2.05, 4.69) is 0 Å². The summed E-state index contributed by atoms with van der Waals surface area (Å²) in [6.45, 7) is -0.760. The van der Waals surface area contributed by atoms with Crippen LogP contribution in [0.25, 0.3) is 0 Å². The highest BCUT2D eigenvalue weighted by molar-refractivity contribution is 5.56. The van der Waals surface area contributed by atoms with Crippen LogP contribution in [0.4, 0.5) is 0 Å². The van der Waals surface area contributed by atoms with Crippen molar-refractivity contribution in [3.8, 4) is 0 Å². The minimum Gasteiger partial charge on any atom is -0.394 e. The molecule has 0 aliphatic rings. The van der Waals surface area contributed by atoms with Crippen LogP contribution in [0.15, 0.2) is 0 Å². The van der Waals surface area contributed by atoms with Crippen LogP contribution in [0.1, 0.15) is 0 Å². The average molecular weight is 181 g/mol. The normalized spacial score (nSPS) is 21.1. The van der Waals surface area contributed by atoms with Crippen molar-refractivity contribution in [2.75, 3.05) is 6.61 Å². The van der Waals surface area contributed by atoms with E-state index in [4.69, 9.17) is 25.5 Å². The van der Waals surface area contributed by atoms with Gasteiger partial charge in [0.2, 0.25) is 0 Å². The third kappa shape index (κ3) is 2.84. The van der Waals surface area contributed by atoms with Gasteiger partial charge in [0.25, 0.3) is 0 Å². The standard InChI is InChI=1S/C6H12O6/c7-1-3(9)5(11)6(12)4(10)2-8/h1,3-6,8-12H,2H2/t3-,4-,5-,6-/m1/s1/i4+1. The van der Waals surface area contributed by atoms with Gasteiger partial charge in [-0.05, 0) is 0 Å². The number of aliphatic hydroxyl groups excluding tert-OH is 5. The second-order valence-electron chi connectivity index (χ2n) is 2.36. The summed E-state index contributed by atoms with van der Waals surface area (Å²) in [7, 11) is 0. The third-order valence-electron chi connectivity index (χ3n) is 1.42. The highest BCUT2D eigenvalue weighted by Crippen LogP contribution is 2.02. The summed E-state index contributed by atoms with van der Waals surface area (Å²) >= 11 is 0. The predicted octanol–water partition coefficient (Wildman–Crippen LogP) is -3.38. The second kappa shape index (κ2) is 5.18. The summed E-state index contributed by atoms with van der Waals surface area (Å²) in [5.41, 5.74) is 0. The molecule has 0 amide bonds. The second-order valence-corrected chi connectivity index (χ2v) is 2.36. The fraction of sp³-hybridized carbons (Fsp3) is 0.833. The van der Waals surface area contributed by atoms with Crippen LogP contribution in [0, 0.1) is 0 Å². The van der Waals surface area contributed by atoms with E-state index < -0.39 is 31.0 Å². The lowest BCUT2D eigenvalue weighted by molar-refractivity contribution is -0.136. The molecule has 0 saturated carbocycles. The number of carbonyl (C=O) groups excluding carboxylic acids is 1. The fourth-order valence-electron chi connectivity index (χ4n) is 0.618. The van der Waals surface area contributed by atoms with E-state index >= 15 is 0 Å². The first-order chi connectivity index (χ1) is 5.54. The Morgan fingerprint density at radius 1 is 1.08 bits per heavy atom. The van der Waals surface area contributed by atoms with E-state index in [9.17, 15) is 4.79 Å². The Balaban J connectivity index is 4.07. The van der Waals surface area contributed by atoms with E-state index in [1.807, 2.05) is 0 Å². The van der Waals surface area contributed by atoms with Gasteiger partial charge in [0, 0.05) is 0 Å². The van der Waals surface area contributed by atoms with Crippen molar-refractivity contribution in [1.82, 2.24) is 0 Å². The Morgan fingerprint density at radius 2 is 1.58 bits per heavy atom. The third-order valence-corrected chi connectivity index (χ3v) is 1.42. The lowest BCUT2D eigenvalue weighted by atomic mass is 10.1. The lowest BCUT2D eigenvalue weighted by Crippen LogP contribution is -2.46. The maximum absolute atomic E-state index is 9.90. The lowest BCUT2D eigenvalue weighted by Gasteiger charge is -2.22. The topological polar surface area (TPSA) is 118 Å². The molecule has 0 aliphatic carbocycles. The van der Waals surface area contributed by atoms with Crippen molar-refractivity contribution < 1.29 is 30.3 Å². The van der Waals surface area contributed by atoms with Crippen LogP contribution in [0.3, 0.4) is 0 Å². The number of aldehydes is 1. The zero-order valence-corrected chi connectivity index (χ0v) is 6.24. The Bertz CT molecular complexity index is 138. The summed E-state index contributed by atoms with van der Waals surface area (Å²) in [6, 6.07) is 0. The molecule has 5 N–H and O–H groups in total. The molecule has 0 radical (unpaired) electrons. The molecule has 0 fully saturated rings. The van der Waals surface area contributed by atoms with Crippen LogP contribution in [-0.4, -0.2) is 62.8 Å². The van der Waals surface area contributed by atoms with Gasteiger partial charge >= 0.3 is 0 Å². The van der Waals surface area contributed by atoms with E-state index in [-0.39, 0.29) is 6.29 Å². The average Bonchev–Trinajstić information content (AvgIpc) is 2.12. The van der Waals surface area contributed by atoms with Crippen molar-refractivity contribution in [3.63, 3.8) is 0 Å². The van der Waals surface area contributed by atoms with Gasteiger partial charge in [-0.2, -0.15) is 0 Å². The van der Waals surface area contributed by atoms with Crippen molar-refractivity contribution in [2.45, 2.75) is 24.4 Å². The molecule has 0 saturated heterocycles. The van der Waals surface area contributed by atoms with Crippen molar-refractivity contribution >= 4 is 6.29 Å². The molecule has 0 aliphatic heterocycles. The van der Waals surface area contributed by atoms with E-state index in [1.165, 1.54) is 0 Å². The molecule has 4 atom stereocenters. The predicted molar refractivity (Wildman–Crippen MR) is 37.2 cm³/mol. The van der Waals surface area contributed by atoms with Crippen molar-refractivity contribution in [2.24, 2.45) is 0 Å². The molecule has 0 bridgehead atoms. The minimum absolute atomic E-state index is 0.0258. The van der Waals surface area contributed by atoms with Crippen molar-refractivity contribution in [1.29, 1.82) is 0 Å². The highest BCUT2D eigenvalue weighted by atomic mass is 16.4. The van der Waals surface area contributed by atoms with Gasteiger partial charge in [0.15, 0.2) is 6.29 Å². The van der Waals surface area contributed by atoms with Crippen LogP contribution in [0.2, 0.25) is 0 Å². The molecule has 0 aromatic carbocycles. The quantitative estimate of drug-likeness (QED) is 0.223. The van der Waals surface area contributed by atoms with Gasteiger partial charge in [-0.1, -0.05) is 0 Å². The van der Waals surface area contributed by atoms with Crippen molar-refractivity contribution in [3.05, 3.63) is 0 Å². The van der Waals surface area contributed by atoms with Gasteiger partial charge in [0.05, 0.1) is 6.61 Å². The smallest absolute Gasteiger partial charge is 0.151 e. The SMILES string of the molecule is O=C[C@@H](O)[C@@H](O)[C@H](O)[13C@H](O)CO. The van der Waals surface area contributed by atoms with Gasteiger partial charge < -0.3 is 30.3 Å². The van der Waals surface area contributed by atoms with E-state index in [0.29, 0.717) is 0 Å². The van der Waals surface area contributed by atoms with Crippen LogP contribution < -0.4 is 0 Å². The molecule has 0 heterocycles. The molecule has 0 spiro atoms. The summed E-state index contributed by atoms with van der Waals surface area (Å²) in [5, 5.41) is 43.5. The highest BCUT2D eigenvalue weighted by Gasteiger charge is 2.29. The molecule has 72 valence electrons. The Hall–Kier alpha value is -0.530. The monoisotopic (exact) mass is 181 g/mol. The summed E-state index contributed by atoms with van der Waals surface area (Å²) in [6.07, 6.45) is -6.84. The number of carbonyl (C=O) groups is 1. The van der Waals surface area contributed by atoms with Crippen LogP contribution in [0.5, 0.6) is 0 Å². The molecule has 0 rings (SSSR count). The van der Waals surface area contributed by atoms with Gasteiger partial charge in [-0.3, -0.25) is 0 Å². The largest absolute Gasteiger partial charge is 0.394 e.